The van der Waals surface area contributed by atoms with E-state index in [9.17, 15) is 9.36 Å². The number of nitrogens with one attached hydrogen (secondary N) is 1. The number of hydrogen-bond donors (Lipinski definition) is 1. The Hall–Kier alpha value is 0.290. The number of Topliss-reactive ketones (excluding diaryl/α,β-unsaturated/α-hetero) is 1. The van der Waals surface area contributed by atoms with Crippen LogP contribution in [0.2, 0.25) is 0 Å². The highest BCUT2D eigenvalue weighted by molar-refractivity contribution is 7.63. The van der Waals surface area contributed by atoms with E-state index in [0.717, 1.165) is 0 Å². The van der Waals surface area contributed by atoms with Crippen molar-refractivity contribution < 1.29 is 9.36 Å². The maximum absolute atomic E-state index is 11.2. The monoisotopic (exact) mass is 195 g/mol. The molecule has 0 aliphatic rings. The van der Waals surface area contributed by atoms with Crippen LogP contribution in [0.15, 0.2) is 0 Å². The van der Waals surface area contributed by atoms with Gasteiger partial charge in [-0.15, -0.1) is 0 Å². The second-order valence-electron chi connectivity index (χ2n) is 3.09. The number of hydrogen-bond acceptors (Lipinski definition) is 3. The summed E-state index contributed by atoms with van der Waals surface area (Å²) in [4.78, 5) is 11.1. The molecule has 3 nitrogen and oxygen atoms in total. The molecule has 2 atom stereocenters. The largest absolute Gasteiger partial charge is 0.324 e. The Labute approximate surface area is 70.0 Å². The van der Waals surface area contributed by atoms with Crippen molar-refractivity contribution in [1.29, 1.82) is 0 Å². The summed E-state index contributed by atoms with van der Waals surface area (Å²) >= 11 is 0. The Morgan fingerprint density at radius 2 is 2.09 bits per heavy atom. The van der Waals surface area contributed by atoms with Crippen LogP contribution in [-0.4, -0.2) is 31.3 Å². The number of ketones is 1. The maximum Gasteiger partial charge on any atom is 0.156 e. The molecule has 0 fully saturated rings. The van der Waals surface area contributed by atoms with Crippen molar-refractivity contribution in [2.45, 2.75) is 13.0 Å². The predicted molar refractivity (Wildman–Crippen MR) is 51.6 cm³/mol. The van der Waals surface area contributed by atoms with Crippen LogP contribution in [0.4, 0.5) is 0 Å². The van der Waals surface area contributed by atoms with E-state index < -0.39 is 7.14 Å². The van der Waals surface area contributed by atoms with E-state index in [0.29, 0.717) is 0 Å². The molecule has 0 saturated carbocycles. The molecule has 0 aromatic rings. The van der Waals surface area contributed by atoms with Crippen molar-refractivity contribution in [3.8, 4) is 0 Å². The van der Waals surface area contributed by atoms with Crippen molar-refractivity contribution in [2.75, 3.05) is 19.5 Å². The standard InChI is InChI=1S/C6H15NO2P2/c1-5(7-10)6(8)4-11(2,3)9/h5,7H,4,10H2,1-3H3/t5-/m0/s1. The molecule has 66 valence electrons. The first kappa shape index (κ1) is 11.3. The molecule has 0 spiro atoms. The van der Waals surface area contributed by atoms with Crippen molar-refractivity contribution in [3.63, 3.8) is 0 Å². The lowest BCUT2D eigenvalue weighted by atomic mass is 10.3. The Morgan fingerprint density at radius 3 is 2.36 bits per heavy atom. The Bertz CT molecular complexity index is 187. The van der Waals surface area contributed by atoms with Gasteiger partial charge in [-0.25, -0.2) is 0 Å². The third kappa shape index (κ3) is 5.55. The average Bonchev–Trinajstić information content (AvgIpc) is 1.82. The van der Waals surface area contributed by atoms with Gasteiger partial charge in [0, 0.05) is 0 Å². The molecule has 11 heavy (non-hydrogen) atoms. The third-order valence-corrected chi connectivity index (χ3v) is 2.84. The summed E-state index contributed by atoms with van der Waals surface area (Å²) in [6, 6.07) is -0.215. The second kappa shape index (κ2) is 4.35. The molecule has 0 aromatic carbocycles. The van der Waals surface area contributed by atoms with E-state index in [1.807, 2.05) is 0 Å². The minimum Gasteiger partial charge on any atom is -0.324 e. The normalized spacial score (nSPS) is 14.5. The smallest absolute Gasteiger partial charge is 0.156 e. The van der Waals surface area contributed by atoms with Crippen LogP contribution in [0, 0.1) is 0 Å². The van der Waals surface area contributed by atoms with Crippen LogP contribution in [0.25, 0.3) is 0 Å². The van der Waals surface area contributed by atoms with E-state index in [1.54, 1.807) is 20.3 Å². The molecule has 0 saturated heterocycles. The fourth-order valence-corrected chi connectivity index (χ4v) is 1.82. The fourth-order valence-electron chi connectivity index (χ4n) is 0.605. The summed E-state index contributed by atoms with van der Waals surface area (Å²) in [6.45, 7) is 5.01. The Morgan fingerprint density at radius 1 is 1.64 bits per heavy atom. The van der Waals surface area contributed by atoms with Gasteiger partial charge in [0.05, 0.1) is 19.3 Å². The van der Waals surface area contributed by atoms with Gasteiger partial charge in [-0.1, -0.05) is 9.39 Å². The summed E-state index contributed by atoms with van der Waals surface area (Å²) < 4.78 is 11.2. The zero-order chi connectivity index (χ0) is 9.07. The van der Waals surface area contributed by atoms with Crippen molar-refractivity contribution in [3.05, 3.63) is 0 Å². The second-order valence-corrected chi connectivity index (χ2v) is 6.88. The van der Waals surface area contributed by atoms with Gasteiger partial charge < -0.3 is 4.57 Å². The third-order valence-electron chi connectivity index (χ3n) is 1.27. The SMILES string of the molecule is C[C@H](NP)C(=O)CP(C)(C)=O. The van der Waals surface area contributed by atoms with Gasteiger partial charge in [-0.2, -0.15) is 0 Å². The molecular weight excluding hydrogens is 180 g/mol. The van der Waals surface area contributed by atoms with E-state index in [4.69, 9.17) is 0 Å². The highest BCUT2D eigenvalue weighted by Crippen LogP contribution is 2.35. The lowest BCUT2D eigenvalue weighted by Gasteiger charge is -2.10. The van der Waals surface area contributed by atoms with Crippen LogP contribution < -0.4 is 5.09 Å². The van der Waals surface area contributed by atoms with Gasteiger partial charge in [0.15, 0.2) is 5.78 Å². The first-order valence-electron chi connectivity index (χ1n) is 3.39. The molecule has 0 amide bonds. The molecule has 0 rings (SSSR count). The summed E-state index contributed by atoms with van der Waals surface area (Å²) in [6.07, 6.45) is 0.190. The quantitative estimate of drug-likeness (QED) is 0.679. The molecule has 0 aliphatic carbocycles. The molecule has 0 aliphatic heterocycles. The van der Waals surface area contributed by atoms with Gasteiger partial charge in [-0.3, -0.25) is 9.88 Å². The van der Waals surface area contributed by atoms with Gasteiger partial charge in [0.25, 0.3) is 0 Å². The lowest BCUT2D eigenvalue weighted by molar-refractivity contribution is -0.117. The Balaban J connectivity index is 3.99. The van der Waals surface area contributed by atoms with Gasteiger partial charge in [-0.05, 0) is 20.3 Å². The van der Waals surface area contributed by atoms with Gasteiger partial charge in [0.1, 0.15) is 0 Å². The van der Waals surface area contributed by atoms with Crippen LogP contribution in [-0.2, 0) is 9.36 Å². The maximum atomic E-state index is 11.2. The molecule has 5 heteroatoms. The minimum atomic E-state index is -2.19. The highest BCUT2D eigenvalue weighted by Gasteiger charge is 2.17. The highest BCUT2D eigenvalue weighted by atomic mass is 31.2. The van der Waals surface area contributed by atoms with E-state index in [-0.39, 0.29) is 18.0 Å². The van der Waals surface area contributed by atoms with Crippen LogP contribution in [0.3, 0.4) is 0 Å². The molecule has 1 unspecified atom stereocenters. The molecule has 0 aromatic heterocycles. The summed E-state index contributed by atoms with van der Waals surface area (Å²) in [5.74, 6) is 0.00772. The van der Waals surface area contributed by atoms with Gasteiger partial charge in [0.2, 0.25) is 0 Å². The zero-order valence-corrected chi connectivity index (χ0v) is 9.17. The predicted octanol–water partition coefficient (Wildman–Crippen LogP) is 0.946. The molecule has 0 heterocycles. The van der Waals surface area contributed by atoms with E-state index in [2.05, 4.69) is 14.5 Å². The summed E-state index contributed by atoms with van der Waals surface area (Å²) in [7, 11) is 0.0850. The molecule has 0 bridgehead atoms. The van der Waals surface area contributed by atoms with Crippen molar-refractivity contribution in [2.24, 2.45) is 0 Å². The molecular formula is C6H15NO2P2. The molecule has 1 N–H and O–H groups in total. The van der Waals surface area contributed by atoms with Crippen LogP contribution >= 0.6 is 16.5 Å². The summed E-state index contributed by atoms with van der Waals surface area (Å²) in [5.41, 5.74) is 0. The molecule has 0 radical (unpaired) electrons. The lowest BCUT2D eigenvalue weighted by Crippen LogP contribution is -2.29. The minimum absolute atomic E-state index is 0.00772. The van der Waals surface area contributed by atoms with Gasteiger partial charge >= 0.3 is 0 Å². The summed E-state index contributed by atoms with van der Waals surface area (Å²) in [5, 5.41) is 2.73. The van der Waals surface area contributed by atoms with Crippen LogP contribution in [0.5, 0.6) is 0 Å². The fraction of sp³-hybridized carbons (Fsp3) is 0.833. The number of carbonyl (C=O) groups is 1. The van der Waals surface area contributed by atoms with E-state index >= 15 is 0 Å². The van der Waals surface area contributed by atoms with Crippen LogP contribution in [0.1, 0.15) is 6.92 Å². The first-order valence-corrected chi connectivity index (χ1v) is 6.76. The first-order chi connectivity index (χ1) is 4.87. The van der Waals surface area contributed by atoms with E-state index in [1.165, 1.54) is 0 Å². The number of rotatable bonds is 4. The Kier molecular flexibility index (Phi) is 4.46. The zero-order valence-electron chi connectivity index (χ0n) is 7.13. The number of carbonyl (C=O) groups excluding carboxylic acids is 1. The average molecular weight is 195 g/mol. The van der Waals surface area contributed by atoms with Crippen molar-refractivity contribution >= 4 is 22.3 Å². The van der Waals surface area contributed by atoms with Crippen molar-refractivity contribution in [1.82, 2.24) is 5.09 Å². The topological polar surface area (TPSA) is 46.2 Å².